The van der Waals surface area contributed by atoms with Crippen LogP contribution in [-0.4, -0.2) is 5.78 Å². The van der Waals surface area contributed by atoms with Crippen LogP contribution >= 0.6 is 0 Å². The van der Waals surface area contributed by atoms with Gasteiger partial charge in [0.15, 0.2) is 5.76 Å². The molecule has 1 unspecified atom stereocenters. The molecule has 2 nitrogen and oxygen atoms in total. The van der Waals surface area contributed by atoms with Crippen molar-refractivity contribution in [1.82, 2.24) is 0 Å². The summed E-state index contributed by atoms with van der Waals surface area (Å²) >= 11 is 0. The number of rotatable bonds is 1. The first-order valence-electron chi connectivity index (χ1n) is 4.76. The molecular weight excluding hydrogens is 164 g/mol. The minimum atomic E-state index is 0.120. The van der Waals surface area contributed by atoms with Crippen LogP contribution in [0.3, 0.4) is 0 Å². The molecule has 70 valence electrons. The van der Waals surface area contributed by atoms with Crippen molar-refractivity contribution in [2.75, 3.05) is 0 Å². The van der Waals surface area contributed by atoms with Gasteiger partial charge in [-0.25, -0.2) is 0 Å². The second-order valence-corrected chi connectivity index (χ2v) is 4.13. The molecule has 0 bridgehead atoms. The zero-order chi connectivity index (χ0) is 9.59. The molecule has 0 aliphatic heterocycles. The van der Waals surface area contributed by atoms with Gasteiger partial charge in [-0.3, -0.25) is 4.79 Å². The van der Waals surface area contributed by atoms with Gasteiger partial charge in [0.1, 0.15) is 5.76 Å². The van der Waals surface area contributed by atoms with E-state index in [2.05, 4.69) is 13.8 Å². The van der Waals surface area contributed by atoms with Crippen molar-refractivity contribution in [3.8, 4) is 0 Å². The predicted octanol–water partition coefficient (Wildman–Crippen LogP) is 2.78. The number of hydrogen-bond acceptors (Lipinski definition) is 2. The fraction of sp³-hybridized carbons (Fsp3) is 0.545. The molecule has 0 fully saturated rings. The van der Waals surface area contributed by atoms with Crippen molar-refractivity contribution in [2.24, 2.45) is 5.92 Å². The molecule has 0 radical (unpaired) electrons. The van der Waals surface area contributed by atoms with Gasteiger partial charge in [-0.2, -0.15) is 0 Å². The lowest BCUT2D eigenvalue weighted by molar-refractivity contribution is 0.0919. The molecule has 1 aliphatic rings. The molecule has 0 spiro atoms. The molecule has 0 aromatic carbocycles. The fourth-order valence-corrected chi connectivity index (χ4v) is 1.74. The highest BCUT2D eigenvalue weighted by molar-refractivity contribution is 5.99. The number of Topliss-reactive ketones (excluding diaryl/α,β-unsaturated/α-hetero) is 1. The lowest BCUT2D eigenvalue weighted by atomic mass is 10.1. The fourth-order valence-electron chi connectivity index (χ4n) is 1.74. The topological polar surface area (TPSA) is 30.2 Å². The van der Waals surface area contributed by atoms with Gasteiger partial charge in [-0.1, -0.05) is 20.8 Å². The summed E-state index contributed by atoms with van der Waals surface area (Å²) in [4.78, 5) is 11.5. The van der Waals surface area contributed by atoms with Gasteiger partial charge in [-0.05, 0) is 12.5 Å². The third-order valence-electron chi connectivity index (χ3n) is 2.59. The van der Waals surface area contributed by atoms with Crippen LogP contribution < -0.4 is 0 Å². The number of carbonyl (C=O) groups is 1. The molecule has 1 aromatic heterocycles. The van der Waals surface area contributed by atoms with E-state index < -0.39 is 0 Å². The van der Waals surface area contributed by atoms with Gasteiger partial charge >= 0.3 is 0 Å². The molecule has 0 amide bonds. The summed E-state index contributed by atoms with van der Waals surface area (Å²) in [5, 5.41) is 0. The maximum Gasteiger partial charge on any atom is 0.201 e. The second kappa shape index (κ2) is 2.72. The maximum absolute atomic E-state index is 11.5. The predicted molar refractivity (Wildman–Crippen MR) is 50.0 cm³/mol. The van der Waals surface area contributed by atoms with E-state index in [1.807, 2.05) is 13.0 Å². The van der Waals surface area contributed by atoms with Crippen molar-refractivity contribution in [3.05, 3.63) is 23.2 Å². The molecule has 2 heteroatoms. The van der Waals surface area contributed by atoms with Gasteiger partial charge in [0.2, 0.25) is 5.78 Å². The maximum atomic E-state index is 11.5. The highest BCUT2D eigenvalue weighted by Crippen LogP contribution is 2.31. The third kappa shape index (κ3) is 1.21. The highest BCUT2D eigenvalue weighted by Gasteiger charge is 2.31. The Hall–Kier alpha value is -1.05. The van der Waals surface area contributed by atoms with Crippen LogP contribution in [-0.2, 0) is 6.42 Å². The summed E-state index contributed by atoms with van der Waals surface area (Å²) in [5.74, 6) is 2.20. The van der Waals surface area contributed by atoms with Crippen LogP contribution in [0.2, 0.25) is 0 Å². The van der Waals surface area contributed by atoms with Gasteiger partial charge in [0.05, 0.1) is 0 Å². The first-order valence-corrected chi connectivity index (χ1v) is 4.76. The van der Waals surface area contributed by atoms with E-state index >= 15 is 0 Å². The smallest absolute Gasteiger partial charge is 0.201 e. The van der Waals surface area contributed by atoms with Crippen molar-refractivity contribution in [1.29, 1.82) is 0 Å². The molecule has 2 rings (SSSR count). The average molecular weight is 178 g/mol. The summed E-state index contributed by atoms with van der Waals surface area (Å²) in [6, 6.07) is 2.03. The van der Waals surface area contributed by atoms with E-state index in [0.717, 1.165) is 17.7 Å². The Labute approximate surface area is 77.9 Å². The minimum Gasteiger partial charge on any atom is -0.457 e. The molecule has 1 heterocycles. The Morgan fingerprint density at radius 1 is 1.54 bits per heavy atom. The summed E-state index contributed by atoms with van der Waals surface area (Å²) in [5.41, 5.74) is 1.10. The normalized spacial score (nSPS) is 21.2. The Balaban J connectivity index is 2.40. The Morgan fingerprint density at radius 2 is 2.23 bits per heavy atom. The molecule has 0 saturated heterocycles. The zero-order valence-corrected chi connectivity index (χ0v) is 8.26. The van der Waals surface area contributed by atoms with Crippen LogP contribution in [0, 0.1) is 5.92 Å². The largest absolute Gasteiger partial charge is 0.457 e. The number of furan rings is 1. The standard InChI is InChI=1S/C11H14O2/c1-6(2)9-5-8-4-7(3)10(12)11(8)13-9/h5-7H,4H2,1-3H3. The molecule has 0 saturated carbocycles. The zero-order valence-electron chi connectivity index (χ0n) is 8.26. The Bertz CT molecular complexity index is 347. The Morgan fingerprint density at radius 3 is 2.77 bits per heavy atom. The van der Waals surface area contributed by atoms with Crippen LogP contribution in [0.1, 0.15) is 48.6 Å². The van der Waals surface area contributed by atoms with E-state index in [0.29, 0.717) is 11.7 Å². The van der Waals surface area contributed by atoms with Crippen molar-refractivity contribution >= 4 is 5.78 Å². The lowest BCUT2D eigenvalue weighted by Crippen LogP contribution is -2.03. The second-order valence-electron chi connectivity index (χ2n) is 4.13. The van der Waals surface area contributed by atoms with Gasteiger partial charge in [0, 0.05) is 17.4 Å². The molecule has 1 aliphatic carbocycles. The van der Waals surface area contributed by atoms with E-state index in [1.54, 1.807) is 0 Å². The van der Waals surface area contributed by atoms with Crippen LogP contribution in [0.5, 0.6) is 0 Å². The molecule has 1 atom stereocenters. The number of hydrogen-bond donors (Lipinski definition) is 0. The van der Waals surface area contributed by atoms with Crippen molar-refractivity contribution in [3.63, 3.8) is 0 Å². The third-order valence-corrected chi connectivity index (χ3v) is 2.59. The molecule has 1 aromatic rings. The minimum absolute atomic E-state index is 0.120. The average Bonchev–Trinajstić information content (AvgIpc) is 2.55. The first-order chi connectivity index (χ1) is 6.09. The summed E-state index contributed by atoms with van der Waals surface area (Å²) in [6.45, 7) is 6.09. The monoisotopic (exact) mass is 178 g/mol. The van der Waals surface area contributed by atoms with Gasteiger partial charge in [0.25, 0.3) is 0 Å². The van der Waals surface area contributed by atoms with Crippen molar-refractivity contribution < 1.29 is 9.21 Å². The van der Waals surface area contributed by atoms with Gasteiger partial charge in [-0.15, -0.1) is 0 Å². The number of ketones is 1. The summed E-state index contributed by atoms with van der Waals surface area (Å²) in [7, 11) is 0. The van der Waals surface area contributed by atoms with E-state index in [1.165, 1.54) is 0 Å². The SMILES string of the molecule is CC1Cc2cc(C(C)C)oc2C1=O. The molecular formula is C11H14O2. The van der Waals surface area contributed by atoms with E-state index in [4.69, 9.17) is 4.42 Å². The van der Waals surface area contributed by atoms with Crippen LogP contribution in [0.15, 0.2) is 10.5 Å². The first kappa shape index (κ1) is 8.54. The van der Waals surface area contributed by atoms with E-state index in [-0.39, 0.29) is 11.7 Å². The summed E-state index contributed by atoms with van der Waals surface area (Å²) in [6.07, 6.45) is 0.852. The Kier molecular flexibility index (Phi) is 1.79. The van der Waals surface area contributed by atoms with Crippen LogP contribution in [0.4, 0.5) is 0 Å². The quantitative estimate of drug-likeness (QED) is 0.662. The highest BCUT2D eigenvalue weighted by atomic mass is 16.3. The number of fused-ring (bicyclic) bond motifs is 1. The molecule has 0 N–H and O–H groups in total. The molecule has 13 heavy (non-hydrogen) atoms. The van der Waals surface area contributed by atoms with Crippen LogP contribution in [0.25, 0.3) is 0 Å². The number of carbonyl (C=O) groups excluding carboxylic acids is 1. The van der Waals surface area contributed by atoms with Crippen molar-refractivity contribution in [2.45, 2.75) is 33.1 Å². The summed E-state index contributed by atoms with van der Waals surface area (Å²) < 4.78 is 5.52. The lowest BCUT2D eigenvalue weighted by Gasteiger charge is -2.00. The van der Waals surface area contributed by atoms with Gasteiger partial charge < -0.3 is 4.42 Å². The van der Waals surface area contributed by atoms with E-state index in [9.17, 15) is 4.79 Å².